The third-order valence-electron chi connectivity index (χ3n) is 3.07. The molecule has 1 aromatic carbocycles. The van der Waals surface area contributed by atoms with E-state index in [1.807, 2.05) is 6.92 Å². The molecule has 10 heteroatoms. The second-order valence-corrected chi connectivity index (χ2v) is 4.76. The van der Waals surface area contributed by atoms with Gasteiger partial charge in [-0.1, -0.05) is 6.92 Å². The van der Waals surface area contributed by atoms with E-state index >= 15 is 0 Å². The maximum Gasteiger partial charge on any atom is 0.311 e. The molecule has 0 aliphatic heterocycles. The van der Waals surface area contributed by atoms with Gasteiger partial charge in [0.25, 0.3) is 0 Å². The van der Waals surface area contributed by atoms with E-state index in [1.165, 1.54) is 37.2 Å². The number of H-pyrrole nitrogens is 1. The number of aryl methyl sites for hydroxylation is 1. The van der Waals surface area contributed by atoms with Crippen LogP contribution in [-0.2, 0) is 6.42 Å². The number of methoxy groups -OCH3 is 2. The van der Waals surface area contributed by atoms with Gasteiger partial charge in [-0.05, 0) is 12.2 Å². The van der Waals surface area contributed by atoms with Crippen LogP contribution in [0.25, 0.3) is 0 Å². The predicted molar refractivity (Wildman–Crippen MR) is 86.0 cm³/mol. The van der Waals surface area contributed by atoms with Crippen LogP contribution < -0.4 is 9.47 Å². The highest BCUT2D eigenvalue weighted by atomic mass is 32.1. The summed E-state index contributed by atoms with van der Waals surface area (Å²) in [6, 6.07) is 2.77. The Bertz CT molecular complexity index is 811. The van der Waals surface area contributed by atoms with Crippen LogP contribution in [0.2, 0.25) is 0 Å². The van der Waals surface area contributed by atoms with E-state index in [4.69, 9.17) is 21.7 Å². The first-order chi connectivity index (χ1) is 11.0. The standard InChI is InChI=1S/C13H15N5O4S/c1-4-12-15-16-13(23)17(12)14-7-8-5-9(18(19)20)11(22-3)6-10(8)21-2/h5-7H,4H2,1-3H3,(H,16,23)/b14-7-. The van der Waals surface area contributed by atoms with Crippen LogP contribution in [0.1, 0.15) is 18.3 Å². The number of ether oxygens (including phenoxy) is 2. The van der Waals surface area contributed by atoms with Crippen LogP contribution in [0.5, 0.6) is 11.5 Å². The largest absolute Gasteiger partial charge is 0.496 e. The first kappa shape index (κ1) is 16.6. The van der Waals surface area contributed by atoms with Gasteiger partial charge in [0, 0.05) is 24.1 Å². The molecule has 2 rings (SSSR count). The Balaban J connectivity index is 2.52. The highest BCUT2D eigenvalue weighted by Gasteiger charge is 2.19. The molecular weight excluding hydrogens is 322 g/mol. The molecule has 0 radical (unpaired) electrons. The average molecular weight is 337 g/mol. The molecule has 0 amide bonds. The summed E-state index contributed by atoms with van der Waals surface area (Å²) in [4.78, 5) is 10.6. The van der Waals surface area contributed by atoms with Gasteiger partial charge in [-0.2, -0.15) is 14.9 Å². The van der Waals surface area contributed by atoms with Gasteiger partial charge in [0.2, 0.25) is 10.5 Å². The molecule has 0 unspecified atom stereocenters. The Labute approximate surface area is 136 Å². The lowest BCUT2D eigenvalue weighted by atomic mass is 10.1. The molecule has 1 N–H and O–H groups in total. The smallest absolute Gasteiger partial charge is 0.311 e. The fraction of sp³-hybridized carbons (Fsp3) is 0.308. The van der Waals surface area contributed by atoms with E-state index in [9.17, 15) is 10.1 Å². The highest BCUT2D eigenvalue weighted by Crippen LogP contribution is 2.33. The molecule has 0 saturated carbocycles. The summed E-state index contributed by atoms with van der Waals surface area (Å²) in [5.41, 5.74) is 0.242. The number of nitro benzene ring substituents is 1. The first-order valence-corrected chi connectivity index (χ1v) is 7.03. The number of rotatable bonds is 6. The van der Waals surface area contributed by atoms with Crippen molar-refractivity contribution in [1.29, 1.82) is 0 Å². The van der Waals surface area contributed by atoms with Crippen molar-refractivity contribution in [3.8, 4) is 11.5 Å². The molecule has 0 bridgehead atoms. The zero-order valence-electron chi connectivity index (χ0n) is 12.8. The molecule has 2 aromatic rings. The number of benzene rings is 1. The third-order valence-corrected chi connectivity index (χ3v) is 3.34. The number of nitrogens with zero attached hydrogens (tertiary/aromatic N) is 4. The lowest BCUT2D eigenvalue weighted by Crippen LogP contribution is -2.01. The molecule has 0 aliphatic rings. The molecule has 0 fully saturated rings. The SMILES string of the molecule is CCc1n[nH]c(=S)n1/N=C\c1cc([N+](=O)[O-])c(OC)cc1OC. The van der Waals surface area contributed by atoms with Crippen LogP contribution in [-0.4, -0.2) is 40.2 Å². The minimum Gasteiger partial charge on any atom is -0.496 e. The Hall–Kier alpha value is -2.75. The van der Waals surface area contributed by atoms with Gasteiger partial charge in [0.05, 0.1) is 25.4 Å². The quantitative estimate of drug-likeness (QED) is 0.375. The molecule has 9 nitrogen and oxygen atoms in total. The van der Waals surface area contributed by atoms with Crippen molar-refractivity contribution in [3.05, 3.63) is 38.4 Å². The third kappa shape index (κ3) is 3.37. The monoisotopic (exact) mass is 337 g/mol. The fourth-order valence-corrected chi connectivity index (χ4v) is 2.14. The summed E-state index contributed by atoms with van der Waals surface area (Å²) < 4.78 is 12.0. The minimum absolute atomic E-state index is 0.109. The second kappa shape index (κ2) is 7.01. The van der Waals surface area contributed by atoms with Gasteiger partial charge < -0.3 is 9.47 Å². The van der Waals surface area contributed by atoms with Crippen molar-refractivity contribution in [2.75, 3.05) is 14.2 Å². The summed E-state index contributed by atoms with van der Waals surface area (Å²) in [6.07, 6.45) is 2.06. The molecule has 0 atom stereocenters. The van der Waals surface area contributed by atoms with Crippen molar-refractivity contribution in [2.24, 2.45) is 5.10 Å². The van der Waals surface area contributed by atoms with Crippen LogP contribution >= 0.6 is 12.2 Å². The number of aromatic nitrogens is 3. The topological polar surface area (TPSA) is 108 Å². The lowest BCUT2D eigenvalue weighted by Gasteiger charge is -2.08. The average Bonchev–Trinajstić information content (AvgIpc) is 2.91. The number of hydrogen-bond acceptors (Lipinski definition) is 7. The number of hydrogen-bond donors (Lipinski definition) is 1. The van der Waals surface area contributed by atoms with Crippen LogP contribution in [0.15, 0.2) is 17.2 Å². The molecule has 1 heterocycles. The molecule has 0 spiro atoms. The zero-order valence-corrected chi connectivity index (χ0v) is 13.6. The van der Waals surface area contributed by atoms with E-state index in [1.54, 1.807) is 0 Å². The number of aromatic amines is 1. The van der Waals surface area contributed by atoms with Gasteiger partial charge in [0.15, 0.2) is 5.82 Å². The van der Waals surface area contributed by atoms with Gasteiger partial charge in [-0.3, -0.25) is 15.2 Å². The predicted octanol–water partition coefficient (Wildman–Crippen LogP) is 2.31. The van der Waals surface area contributed by atoms with Crippen molar-refractivity contribution in [2.45, 2.75) is 13.3 Å². The Morgan fingerprint density at radius 1 is 1.43 bits per heavy atom. The summed E-state index contributed by atoms with van der Waals surface area (Å²) in [5.74, 6) is 1.15. The van der Waals surface area contributed by atoms with Crippen molar-refractivity contribution >= 4 is 24.1 Å². The molecule has 23 heavy (non-hydrogen) atoms. The second-order valence-electron chi connectivity index (χ2n) is 4.38. The maximum atomic E-state index is 11.1. The van der Waals surface area contributed by atoms with Crippen molar-refractivity contribution in [1.82, 2.24) is 14.9 Å². The molecule has 122 valence electrons. The van der Waals surface area contributed by atoms with Crippen LogP contribution in [0.3, 0.4) is 0 Å². The van der Waals surface area contributed by atoms with Gasteiger partial charge in [0.1, 0.15) is 5.75 Å². The zero-order chi connectivity index (χ0) is 17.0. The Morgan fingerprint density at radius 3 is 2.70 bits per heavy atom. The van der Waals surface area contributed by atoms with Crippen molar-refractivity contribution < 1.29 is 14.4 Å². The first-order valence-electron chi connectivity index (χ1n) is 6.62. The van der Waals surface area contributed by atoms with E-state index in [2.05, 4.69) is 15.3 Å². The van der Waals surface area contributed by atoms with Gasteiger partial charge in [-0.15, -0.1) is 0 Å². The number of nitro groups is 1. The Morgan fingerprint density at radius 2 is 2.13 bits per heavy atom. The van der Waals surface area contributed by atoms with Gasteiger partial charge >= 0.3 is 5.69 Å². The molecule has 0 aliphatic carbocycles. The molecule has 1 aromatic heterocycles. The van der Waals surface area contributed by atoms with E-state index < -0.39 is 4.92 Å². The van der Waals surface area contributed by atoms with E-state index in [0.717, 1.165) is 0 Å². The minimum atomic E-state index is -0.531. The normalized spacial score (nSPS) is 10.9. The van der Waals surface area contributed by atoms with Gasteiger partial charge in [-0.25, -0.2) is 0 Å². The summed E-state index contributed by atoms with van der Waals surface area (Å²) in [7, 11) is 2.81. The highest BCUT2D eigenvalue weighted by molar-refractivity contribution is 7.71. The number of nitrogens with one attached hydrogen (secondary N) is 1. The van der Waals surface area contributed by atoms with Crippen LogP contribution in [0.4, 0.5) is 5.69 Å². The van der Waals surface area contributed by atoms with Crippen molar-refractivity contribution in [3.63, 3.8) is 0 Å². The Kier molecular flexibility index (Phi) is 5.06. The summed E-state index contributed by atoms with van der Waals surface area (Å²) >= 11 is 5.09. The lowest BCUT2D eigenvalue weighted by molar-refractivity contribution is -0.385. The molecular formula is C13H15N5O4S. The fourth-order valence-electron chi connectivity index (χ4n) is 1.94. The maximum absolute atomic E-state index is 11.1. The van der Waals surface area contributed by atoms with E-state index in [0.29, 0.717) is 28.3 Å². The van der Waals surface area contributed by atoms with E-state index in [-0.39, 0.29) is 11.4 Å². The molecule has 0 saturated heterocycles. The van der Waals surface area contributed by atoms with Crippen LogP contribution in [0, 0.1) is 14.9 Å². The summed E-state index contributed by atoms with van der Waals surface area (Å²) in [5, 5.41) is 22.0. The summed E-state index contributed by atoms with van der Waals surface area (Å²) in [6.45, 7) is 1.91.